The molecule has 2 unspecified atom stereocenters. The summed E-state index contributed by atoms with van der Waals surface area (Å²) >= 11 is 0. The van der Waals surface area contributed by atoms with Gasteiger partial charge in [-0.25, -0.2) is 0 Å². The normalized spacial score (nSPS) is 17.1. The van der Waals surface area contributed by atoms with E-state index in [0.717, 1.165) is 29.7 Å². The Morgan fingerprint density at radius 1 is 1.03 bits per heavy atom. The molecular weight excluding hydrogens is 432 g/mol. The molecule has 0 bridgehead atoms. The fourth-order valence-corrected chi connectivity index (χ4v) is 3.64. The molecule has 2 aromatic carbocycles. The summed E-state index contributed by atoms with van der Waals surface area (Å²) in [5, 5.41) is 9.34. The lowest BCUT2D eigenvalue weighted by Crippen LogP contribution is -2.26. The average molecular weight is 462 g/mol. The number of phenols is 1. The average Bonchev–Trinajstić information content (AvgIpc) is 3.32. The van der Waals surface area contributed by atoms with E-state index in [2.05, 4.69) is 0 Å². The van der Waals surface area contributed by atoms with Gasteiger partial charge in [-0.15, -0.1) is 0 Å². The highest BCUT2D eigenvalue weighted by Gasteiger charge is 2.33. The van der Waals surface area contributed by atoms with Crippen molar-refractivity contribution >= 4 is 12.9 Å². The second-order valence-electron chi connectivity index (χ2n) is 6.80. The predicted octanol–water partition coefficient (Wildman–Crippen LogP) is 3.80. The van der Waals surface area contributed by atoms with E-state index in [9.17, 15) is 14.7 Å². The van der Waals surface area contributed by atoms with Crippen LogP contribution in [0.25, 0.3) is 0 Å². The van der Waals surface area contributed by atoms with Crippen molar-refractivity contribution in [2.75, 3.05) is 27.6 Å². The van der Waals surface area contributed by atoms with Gasteiger partial charge in [0.2, 0.25) is 12.5 Å². The Balaban J connectivity index is 0.000000252. The summed E-state index contributed by atoms with van der Waals surface area (Å²) in [7, 11) is 2.99. The molecule has 9 heteroatoms. The second kappa shape index (κ2) is 13.0. The molecule has 0 fully saturated rings. The lowest BCUT2D eigenvalue weighted by atomic mass is 9.81. The van der Waals surface area contributed by atoms with Crippen molar-refractivity contribution in [3.63, 3.8) is 0 Å². The minimum absolute atomic E-state index is 0.0394. The number of phenolic OH excluding ortho intramolecular Hbond substituents is 1. The molecule has 0 saturated carbocycles. The van der Waals surface area contributed by atoms with E-state index in [-0.39, 0.29) is 25.1 Å². The van der Waals surface area contributed by atoms with Crippen molar-refractivity contribution in [1.82, 2.24) is 0 Å². The van der Waals surface area contributed by atoms with Crippen LogP contribution in [0.4, 0.5) is 0 Å². The van der Waals surface area contributed by atoms with Crippen molar-refractivity contribution in [2.45, 2.75) is 32.8 Å². The van der Waals surface area contributed by atoms with Gasteiger partial charge in [0, 0.05) is 5.92 Å². The van der Waals surface area contributed by atoms with Gasteiger partial charge < -0.3 is 33.5 Å². The van der Waals surface area contributed by atoms with Crippen LogP contribution in [-0.4, -0.2) is 45.7 Å². The molecule has 9 nitrogen and oxygen atoms in total. The Kier molecular flexibility index (Phi) is 10.1. The van der Waals surface area contributed by atoms with E-state index in [1.807, 2.05) is 26.0 Å². The number of fused-ring (bicyclic) bond motifs is 2. The zero-order valence-corrected chi connectivity index (χ0v) is 19.2. The standard InChI is InChI=1S/C14H14O6.C8H10O3.C2H6/c15-6-17-5-10-2-1-9-3-12-13(20-8-19-12)4-11(9)14(10)18-7-16;1-10-6-4-3-5-7(11-2)8(6)9;1-2/h3-4,6-7,10,14H,1-2,5,8H2;3-5,9H,1-2H3;1-2H3. The number of carbonyl (C=O) groups excluding carboxylic acids is 2. The monoisotopic (exact) mass is 462 g/mol. The molecule has 0 amide bonds. The summed E-state index contributed by atoms with van der Waals surface area (Å²) in [5.74, 6) is 2.21. The van der Waals surface area contributed by atoms with Crippen LogP contribution in [0.3, 0.4) is 0 Å². The fourth-order valence-electron chi connectivity index (χ4n) is 3.64. The summed E-state index contributed by atoms with van der Waals surface area (Å²) in [6.45, 7) is 5.27. The van der Waals surface area contributed by atoms with Gasteiger partial charge in [-0.2, -0.15) is 0 Å². The summed E-state index contributed by atoms with van der Waals surface area (Å²) in [6.07, 6.45) is 1.17. The van der Waals surface area contributed by atoms with E-state index in [1.165, 1.54) is 14.2 Å². The Morgan fingerprint density at radius 2 is 1.67 bits per heavy atom. The molecule has 2 aliphatic rings. The largest absolute Gasteiger partial charge is 0.502 e. The van der Waals surface area contributed by atoms with Crippen molar-refractivity contribution in [2.24, 2.45) is 5.92 Å². The van der Waals surface area contributed by atoms with Crippen molar-refractivity contribution in [1.29, 1.82) is 0 Å². The minimum atomic E-state index is -0.425. The third-order valence-corrected chi connectivity index (χ3v) is 5.14. The molecule has 1 aliphatic carbocycles. The van der Waals surface area contributed by atoms with Crippen LogP contribution in [0.2, 0.25) is 0 Å². The van der Waals surface area contributed by atoms with E-state index in [1.54, 1.807) is 18.2 Å². The molecule has 33 heavy (non-hydrogen) atoms. The highest BCUT2D eigenvalue weighted by molar-refractivity contribution is 5.52. The molecule has 4 rings (SSSR count). The Morgan fingerprint density at radius 3 is 2.24 bits per heavy atom. The van der Waals surface area contributed by atoms with Crippen molar-refractivity contribution in [3.05, 3.63) is 41.5 Å². The molecule has 0 radical (unpaired) electrons. The first-order valence-electron chi connectivity index (χ1n) is 10.6. The number of benzene rings is 2. The van der Waals surface area contributed by atoms with Gasteiger partial charge in [-0.3, -0.25) is 9.59 Å². The number of methoxy groups -OCH3 is 2. The SMILES string of the molecule is CC.COc1cccc(OC)c1O.O=COCC1CCc2cc3c(cc2C1OC=O)OCO3. The molecule has 0 spiro atoms. The van der Waals surface area contributed by atoms with Gasteiger partial charge in [0.15, 0.2) is 23.0 Å². The third-order valence-electron chi connectivity index (χ3n) is 5.14. The maximum absolute atomic E-state index is 10.7. The van der Waals surface area contributed by atoms with E-state index in [0.29, 0.717) is 30.2 Å². The van der Waals surface area contributed by atoms with Gasteiger partial charge in [0.1, 0.15) is 6.10 Å². The molecule has 180 valence electrons. The molecule has 0 saturated heterocycles. The van der Waals surface area contributed by atoms with Gasteiger partial charge in [0.05, 0.1) is 20.8 Å². The van der Waals surface area contributed by atoms with Crippen LogP contribution in [-0.2, 0) is 25.5 Å². The quantitative estimate of drug-likeness (QED) is 0.614. The van der Waals surface area contributed by atoms with Crippen LogP contribution >= 0.6 is 0 Å². The molecular formula is C24H30O9. The first-order chi connectivity index (χ1) is 16.1. The molecule has 2 atom stereocenters. The van der Waals surface area contributed by atoms with Crippen LogP contribution in [0, 0.1) is 5.92 Å². The van der Waals surface area contributed by atoms with Gasteiger partial charge in [-0.05, 0) is 48.2 Å². The number of hydrogen-bond acceptors (Lipinski definition) is 9. The smallest absolute Gasteiger partial charge is 0.293 e. The van der Waals surface area contributed by atoms with Crippen molar-refractivity contribution < 1.29 is 43.1 Å². The van der Waals surface area contributed by atoms with Crippen molar-refractivity contribution in [3.8, 4) is 28.7 Å². The number of aryl methyl sites for hydroxylation is 1. The number of ether oxygens (including phenoxy) is 6. The Hall–Kier alpha value is -3.62. The molecule has 2 aromatic rings. The fraction of sp³-hybridized carbons (Fsp3) is 0.417. The molecule has 1 N–H and O–H groups in total. The summed E-state index contributed by atoms with van der Waals surface area (Å²) in [6, 6.07) is 8.85. The van der Waals surface area contributed by atoms with Gasteiger partial charge >= 0.3 is 0 Å². The lowest BCUT2D eigenvalue weighted by molar-refractivity contribution is -0.141. The summed E-state index contributed by atoms with van der Waals surface area (Å²) < 4.78 is 30.4. The maximum atomic E-state index is 10.7. The van der Waals surface area contributed by atoms with Crippen LogP contribution < -0.4 is 18.9 Å². The Labute approximate surface area is 193 Å². The summed E-state index contributed by atoms with van der Waals surface area (Å²) in [5.41, 5.74) is 1.97. The number of aromatic hydroxyl groups is 1. The first kappa shape index (κ1) is 25.6. The van der Waals surface area contributed by atoms with Gasteiger partial charge in [0.25, 0.3) is 12.9 Å². The van der Waals surface area contributed by atoms with Crippen LogP contribution in [0.15, 0.2) is 30.3 Å². The molecule has 1 heterocycles. The lowest BCUT2D eigenvalue weighted by Gasteiger charge is -2.31. The van der Waals surface area contributed by atoms with Gasteiger partial charge in [-0.1, -0.05) is 19.9 Å². The highest BCUT2D eigenvalue weighted by atomic mass is 16.7. The number of para-hydroxylation sites is 1. The molecule has 0 aromatic heterocycles. The first-order valence-corrected chi connectivity index (χ1v) is 10.6. The number of carbonyl (C=O) groups is 2. The summed E-state index contributed by atoms with van der Waals surface area (Å²) in [4.78, 5) is 21.1. The highest BCUT2D eigenvalue weighted by Crippen LogP contribution is 2.43. The Bertz CT molecular complexity index is 891. The third kappa shape index (κ3) is 6.21. The maximum Gasteiger partial charge on any atom is 0.293 e. The second-order valence-corrected chi connectivity index (χ2v) is 6.80. The number of rotatable bonds is 7. The van der Waals surface area contributed by atoms with Crippen LogP contribution in [0.1, 0.15) is 37.5 Å². The zero-order chi connectivity index (χ0) is 24.2. The van der Waals surface area contributed by atoms with E-state index >= 15 is 0 Å². The molecule has 1 aliphatic heterocycles. The van der Waals surface area contributed by atoms with Crippen LogP contribution in [0.5, 0.6) is 28.7 Å². The predicted molar refractivity (Wildman–Crippen MR) is 119 cm³/mol. The number of hydrogen-bond donors (Lipinski definition) is 1. The van der Waals surface area contributed by atoms with E-state index < -0.39 is 6.10 Å². The minimum Gasteiger partial charge on any atom is -0.502 e. The topological polar surface area (TPSA) is 110 Å². The van der Waals surface area contributed by atoms with E-state index in [4.69, 9.17) is 28.4 Å². The zero-order valence-electron chi connectivity index (χ0n) is 19.2.